The molecule has 422 valence electrons. The zero-order valence-corrected chi connectivity index (χ0v) is 39.0. The van der Waals surface area contributed by atoms with Crippen LogP contribution in [0.4, 0.5) is 0 Å². The lowest BCUT2D eigenvalue weighted by Gasteiger charge is -2.48. The fraction of sp³-hybridized carbons (Fsp3) is 1.00. The Labute approximate surface area is 407 Å². The van der Waals surface area contributed by atoms with E-state index in [9.17, 15) is 101 Å². The van der Waals surface area contributed by atoms with E-state index in [2.05, 4.69) is 4.52 Å². The first-order chi connectivity index (χ1) is 33.9. The molecule has 6 heterocycles. The molecule has 72 heavy (non-hydrogen) atoms. The van der Waals surface area contributed by atoms with Crippen molar-refractivity contribution in [2.45, 2.75) is 198 Å². The highest BCUT2D eigenvalue weighted by Crippen LogP contribution is 2.36. The van der Waals surface area contributed by atoms with Crippen molar-refractivity contribution in [2.24, 2.45) is 0 Å². The molecule has 6 aliphatic rings. The number of ether oxygens (including phenoxy) is 12. The maximum absolute atomic E-state index is 11.6. The van der Waals surface area contributed by atoms with Gasteiger partial charge in [-0.25, -0.2) is 0 Å². The minimum atomic E-state index is -5.67. The number of aliphatic hydroxyl groups excluding tert-OH is 17. The Bertz CT molecular complexity index is 1710. The van der Waals surface area contributed by atoms with Crippen molar-refractivity contribution in [1.82, 2.24) is 0 Å². The normalized spacial score (nSPS) is 50.7. The number of methoxy groups -OCH3 is 1. The predicted octanol–water partition coefficient (Wildman–Crippen LogP) is -13.2. The Morgan fingerprint density at radius 3 is 1.24 bits per heavy atom. The number of hydrogen-bond acceptors (Lipinski definition) is 33. The van der Waals surface area contributed by atoms with Gasteiger partial charge in [-0.1, -0.05) is 6.92 Å². The van der Waals surface area contributed by atoms with Crippen molar-refractivity contribution < 1.29 is 163 Å². The van der Waals surface area contributed by atoms with E-state index in [4.69, 9.17) is 56.8 Å². The van der Waals surface area contributed by atoms with E-state index >= 15 is 0 Å². The van der Waals surface area contributed by atoms with Crippen LogP contribution in [0.3, 0.4) is 0 Å². The summed E-state index contributed by atoms with van der Waals surface area (Å²) in [5.74, 6) is 0. The summed E-state index contributed by atoms with van der Waals surface area (Å²) in [7, 11) is -4.62. The summed E-state index contributed by atoms with van der Waals surface area (Å²) in [6.07, 6.45) is -56.1. The van der Waals surface area contributed by atoms with Gasteiger partial charge in [-0.3, -0.25) is 0 Å². The van der Waals surface area contributed by atoms with Gasteiger partial charge in [-0.15, -0.1) is 0 Å². The van der Waals surface area contributed by atoms with Gasteiger partial charge in [0.25, 0.3) is 0 Å². The number of aliphatic hydroxyl groups is 17. The second-order valence-corrected chi connectivity index (χ2v) is 19.0. The van der Waals surface area contributed by atoms with Gasteiger partial charge in [0, 0.05) is 7.11 Å². The van der Waals surface area contributed by atoms with Crippen LogP contribution in [-0.4, -0.2) is 311 Å². The molecular formula is C38H65O33P-2. The zero-order valence-electron chi connectivity index (χ0n) is 38.1. The topological polar surface area (TPSA) is 527 Å². The first-order valence-electron chi connectivity index (χ1n) is 22.6. The third-order valence-electron chi connectivity index (χ3n) is 13.1. The fourth-order valence-electron chi connectivity index (χ4n) is 8.78. The quantitative estimate of drug-likeness (QED) is 0.0534. The van der Waals surface area contributed by atoms with Crippen LogP contribution in [0.25, 0.3) is 0 Å². The highest BCUT2D eigenvalue weighted by Gasteiger charge is 2.56. The van der Waals surface area contributed by atoms with E-state index in [1.807, 2.05) is 0 Å². The third-order valence-corrected chi connectivity index (χ3v) is 13.5. The molecule has 6 aliphatic heterocycles. The standard InChI is InChI=1S/C38H67O33P/c1-3-9-15(41)21(47)27(53)35(63-9)70-31-24(50)16(42)10(4-39)64-37(31)61-6-12-18(44)22(48)26(52)34(67-12)60-7-13-20(46)30(29(55)33(59-2)66-13)69-38-32(25(51)17(43)11(5-40)65-38)71-36-28(54)23(49)19(45)14(68-36)8-62-72(56,57)58/h9-55H,3-8H2,1-2H3,(H2,56,57,58)/p-2/t9?,10?,11?,12?,13?,14?,15-,16-,17-,18-,19-,20-,21+,22+,23+,24+,25+,26?,27?,28?,29?,30+,31?,32?,33-,34+,35+,36-,37+,38-/m1/s1. The Morgan fingerprint density at radius 1 is 0.389 bits per heavy atom. The van der Waals surface area contributed by atoms with E-state index in [0.29, 0.717) is 0 Å². The lowest BCUT2D eigenvalue weighted by molar-refractivity contribution is -0.391. The molecule has 0 aliphatic carbocycles. The Kier molecular flexibility index (Phi) is 21.4. The van der Waals surface area contributed by atoms with Crippen molar-refractivity contribution in [1.29, 1.82) is 0 Å². The van der Waals surface area contributed by atoms with Crippen LogP contribution >= 0.6 is 7.82 Å². The summed E-state index contributed by atoms with van der Waals surface area (Å²) < 4.78 is 82.4. The van der Waals surface area contributed by atoms with Crippen LogP contribution < -0.4 is 9.79 Å². The molecule has 0 spiro atoms. The first-order valence-corrected chi connectivity index (χ1v) is 24.1. The minimum absolute atomic E-state index is 0.135. The monoisotopic (exact) mass is 1080 g/mol. The summed E-state index contributed by atoms with van der Waals surface area (Å²) in [6, 6.07) is 0. The summed E-state index contributed by atoms with van der Waals surface area (Å²) >= 11 is 0. The van der Waals surface area contributed by atoms with Gasteiger partial charge in [0.05, 0.1) is 47.0 Å². The maximum atomic E-state index is 11.6. The van der Waals surface area contributed by atoms with E-state index < -0.39 is 225 Å². The molecular weight excluding hydrogens is 1020 g/mol. The van der Waals surface area contributed by atoms with Crippen LogP contribution in [-0.2, 0) is 65.9 Å². The molecule has 12 unspecified atom stereocenters. The number of hydrogen-bond donors (Lipinski definition) is 17. The molecule has 0 radical (unpaired) electrons. The van der Waals surface area contributed by atoms with Gasteiger partial charge >= 0.3 is 0 Å². The second-order valence-electron chi connectivity index (χ2n) is 17.8. The number of phosphoric acid groups is 1. The predicted molar refractivity (Wildman–Crippen MR) is 214 cm³/mol. The summed E-state index contributed by atoms with van der Waals surface area (Å²) in [5.41, 5.74) is 0. The highest BCUT2D eigenvalue weighted by molar-refractivity contribution is 7.43. The van der Waals surface area contributed by atoms with Gasteiger partial charge in [-0.05, 0) is 6.42 Å². The van der Waals surface area contributed by atoms with Crippen molar-refractivity contribution in [3.63, 3.8) is 0 Å². The third kappa shape index (κ3) is 13.3. The molecule has 17 N–H and O–H groups in total. The van der Waals surface area contributed by atoms with Gasteiger partial charge in [0.1, 0.15) is 140 Å². The lowest BCUT2D eigenvalue weighted by Crippen LogP contribution is -2.67. The lowest BCUT2D eigenvalue weighted by atomic mass is 9.96. The van der Waals surface area contributed by atoms with Gasteiger partial charge in [0.2, 0.25) is 0 Å². The maximum Gasteiger partial charge on any atom is 0.187 e. The molecule has 6 fully saturated rings. The van der Waals surface area contributed by atoms with Gasteiger partial charge in [-0.2, -0.15) is 0 Å². The van der Waals surface area contributed by atoms with Crippen LogP contribution in [0.2, 0.25) is 0 Å². The number of rotatable bonds is 19. The fourth-order valence-corrected chi connectivity index (χ4v) is 9.10. The van der Waals surface area contributed by atoms with Crippen LogP contribution in [0, 0.1) is 0 Å². The molecule has 0 aromatic heterocycles. The summed E-state index contributed by atoms with van der Waals surface area (Å²) in [4.78, 5) is 22.2. The molecule has 30 atom stereocenters. The van der Waals surface area contributed by atoms with E-state index in [0.717, 1.165) is 7.11 Å². The molecule has 0 saturated carbocycles. The summed E-state index contributed by atoms with van der Waals surface area (Å²) in [5, 5.41) is 181. The first kappa shape index (κ1) is 60.2. The molecule has 0 amide bonds. The molecule has 6 rings (SSSR count). The average molecular weight is 1080 g/mol. The molecule has 0 aromatic rings. The average Bonchev–Trinajstić information content (AvgIpc) is 3.35. The Balaban J connectivity index is 1.14. The van der Waals surface area contributed by atoms with Gasteiger partial charge in [0.15, 0.2) is 37.7 Å². The second kappa shape index (κ2) is 25.6. The van der Waals surface area contributed by atoms with Crippen molar-refractivity contribution in [3.05, 3.63) is 0 Å². The number of phosphoric ester groups is 1. The molecule has 34 heteroatoms. The minimum Gasteiger partial charge on any atom is -0.790 e. The molecule has 0 bridgehead atoms. The highest BCUT2D eigenvalue weighted by atomic mass is 31.2. The Hall–Kier alpha value is -1.05. The van der Waals surface area contributed by atoms with E-state index in [-0.39, 0.29) is 6.42 Å². The van der Waals surface area contributed by atoms with E-state index in [1.54, 1.807) is 6.92 Å². The smallest absolute Gasteiger partial charge is 0.187 e. The zero-order chi connectivity index (χ0) is 53.3. The van der Waals surface area contributed by atoms with Crippen molar-refractivity contribution in [2.75, 3.05) is 40.1 Å². The van der Waals surface area contributed by atoms with E-state index in [1.165, 1.54) is 0 Å². The Morgan fingerprint density at radius 2 is 0.750 bits per heavy atom. The largest absolute Gasteiger partial charge is 0.790 e. The molecule has 33 nitrogen and oxygen atoms in total. The van der Waals surface area contributed by atoms with Crippen LogP contribution in [0.1, 0.15) is 13.3 Å². The van der Waals surface area contributed by atoms with Crippen LogP contribution in [0.5, 0.6) is 0 Å². The van der Waals surface area contributed by atoms with Crippen molar-refractivity contribution >= 4 is 7.82 Å². The SMILES string of the molecule is CCC1O[C@@H](OC2[C@@H](OCC3O[C@H](OCC4O[C@@H](OC)C(O)[C@@H](O[C@H]5OC(CO)[C@@H](O)[C@H](O)C5O[C@H]5OC(COP(=O)([O-])[O-])[C@@H](O)[C@H](O)C5O)[C@@H]4O)C(O)[C@@H](O)[C@@H]3O)OC(CO)[C@@H](O)[C@@H]2O)C(O)[C@@H](O)[C@@H]1O. The molecule has 6 saturated heterocycles. The van der Waals surface area contributed by atoms with Crippen LogP contribution in [0.15, 0.2) is 0 Å². The molecule has 0 aromatic carbocycles. The van der Waals surface area contributed by atoms with Crippen molar-refractivity contribution in [3.8, 4) is 0 Å². The van der Waals surface area contributed by atoms with Gasteiger partial charge < -0.3 is 163 Å². The summed E-state index contributed by atoms with van der Waals surface area (Å²) in [6.45, 7) is -3.09.